The van der Waals surface area contributed by atoms with E-state index in [4.69, 9.17) is 16.3 Å². The highest BCUT2D eigenvalue weighted by Gasteiger charge is 2.15. The Morgan fingerprint density at radius 3 is 2.38 bits per heavy atom. The van der Waals surface area contributed by atoms with Gasteiger partial charge in [0.15, 0.2) is 0 Å². The Hall–Kier alpha value is -1.88. The van der Waals surface area contributed by atoms with Crippen LogP contribution in [-0.2, 0) is 6.54 Å². The lowest BCUT2D eigenvalue weighted by atomic mass is 10.1. The minimum atomic E-state index is -0.796. The van der Waals surface area contributed by atoms with Crippen LogP contribution >= 0.6 is 0 Å². The van der Waals surface area contributed by atoms with Gasteiger partial charge in [0.1, 0.15) is 12.1 Å². The SMILES string of the molecule is Cc1ccc(CNC(C#N)C(N)C#N)cc1. The van der Waals surface area contributed by atoms with E-state index in [0.29, 0.717) is 6.54 Å². The van der Waals surface area contributed by atoms with E-state index in [0.717, 1.165) is 5.56 Å². The predicted molar refractivity (Wildman–Crippen MR) is 61.0 cm³/mol. The first-order valence-corrected chi connectivity index (χ1v) is 5.01. The van der Waals surface area contributed by atoms with E-state index in [1.807, 2.05) is 43.3 Å². The fourth-order valence-electron chi connectivity index (χ4n) is 1.26. The van der Waals surface area contributed by atoms with Crippen LogP contribution in [0.15, 0.2) is 24.3 Å². The van der Waals surface area contributed by atoms with E-state index in [9.17, 15) is 0 Å². The molecule has 0 saturated carbocycles. The number of nitrogens with one attached hydrogen (secondary N) is 1. The van der Waals surface area contributed by atoms with E-state index < -0.39 is 12.1 Å². The van der Waals surface area contributed by atoms with Gasteiger partial charge in [0.2, 0.25) is 0 Å². The third-order valence-electron chi connectivity index (χ3n) is 2.29. The van der Waals surface area contributed by atoms with Crippen molar-refractivity contribution in [3.05, 3.63) is 35.4 Å². The monoisotopic (exact) mass is 214 g/mol. The molecule has 0 bridgehead atoms. The van der Waals surface area contributed by atoms with Crippen LogP contribution in [0.4, 0.5) is 0 Å². The van der Waals surface area contributed by atoms with E-state index in [1.165, 1.54) is 5.56 Å². The summed E-state index contributed by atoms with van der Waals surface area (Å²) >= 11 is 0. The van der Waals surface area contributed by atoms with Crippen LogP contribution in [0.5, 0.6) is 0 Å². The molecule has 2 atom stereocenters. The van der Waals surface area contributed by atoms with E-state index in [2.05, 4.69) is 5.32 Å². The molecule has 2 unspecified atom stereocenters. The first kappa shape index (κ1) is 12.2. The molecule has 0 aliphatic carbocycles. The average molecular weight is 214 g/mol. The minimum Gasteiger partial charge on any atom is -0.314 e. The second-order valence-electron chi connectivity index (χ2n) is 3.63. The molecule has 0 aromatic heterocycles. The lowest BCUT2D eigenvalue weighted by Gasteiger charge is -2.12. The number of benzene rings is 1. The Bertz CT molecular complexity index is 410. The van der Waals surface area contributed by atoms with Crippen molar-refractivity contribution >= 4 is 0 Å². The summed E-state index contributed by atoms with van der Waals surface area (Å²) in [5.41, 5.74) is 7.72. The van der Waals surface area contributed by atoms with Gasteiger partial charge in [-0.3, -0.25) is 5.32 Å². The van der Waals surface area contributed by atoms with Gasteiger partial charge in [0.05, 0.1) is 12.1 Å². The van der Waals surface area contributed by atoms with E-state index in [-0.39, 0.29) is 0 Å². The van der Waals surface area contributed by atoms with Crippen molar-refractivity contribution in [1.29, 1.82) is 10.5 Å². The molecule has 1 aromatic rings. The highest BCUT2D eigenvalue weighted by molar-refractivity contribution is 5.21. The summed E-state index contributed by atoms with van der Waals surface area (Å²) in [6.45, 7) is 2.55. The molecule has 0 aliphatic heterocycles. The van der Waals surface area contributed by atoms with Gasteiger partial charge in [-0.05, 0) is 12.5 Å². The molecular weight excluding hydrogens is 200 g/mol. The standard InChI is InChI=1S/C12H14N4/c1-9-2-4-10(5-3-9)8-16-12(7-14)11(15)6-13/h2-5,11-12,16H,8,15H2,1H3. The van der Waals surface area contributed by atoms with Gasteiger partial charge in [-0.15, -0.1) is 0 Å². The smallest absolute Gasteiger partial charge is 0.124 e. The van der Waals surface area contributed by atoms with Crippen molar-refractivity contribution < 1.29 is 0 Å². The quantitative estimate of drug-likeness (QED) is 0.777. The van der Waals surface area contributed by atoms with Crippen molar-refractivity contribution in [1.82, 2.24) is 5.32 Å². The van der Waals surface area contributed by atoms with Crippen molar-refractivity contribution in [2.75, 3.05) is 0 Å². The van der Waals surface area contributed by atoms with Crippen LogP contribution in [0, 0.1) is 29.6 Å². The van der Waals surface area contributed by atoms with Crippen LogP contribution < -0.4 is 11.1 Å². The Balaban J connectivity index is 2.54. The third-order valence-corrected chi connectivity index (χ3v) is 2.29. The van der Waals surface area contributed by atoms with Crippen LogP contribution in [0.25, 0.3) is 0 Å². The molecule has 0 saturated heterocycles. The highest BCUT2D eigenvalue weighted by Crippen LogP contribution is 2.03. The molecule has 3 N–H and O–H groups in total. The summed E-state index contributed by atoms with van der Waals surface area (Å²) in [4.78, 5) is 0. The van der Waals surface area contributed by atoms with Crippen LogP contribution in [0.3, 0.4) is 0 Å². The number of aryl methyl sites for hydroxylation is 1. The molecule has 16 heavy (non-hydrogen) atoms. The van der Waals surface area contributed by atoms with Crippen molar-refractivity contribution in [2.24, 2.45) is 5.73 Å². The molecular formula is C12H14N4. The summed E-state index contributed by atoms with van der Waals surface area (Å²) < 4.78 is 0. The summed E-state index contributed by atoms with van der Waals surface area (Å²) in [6.07, 6.45) is 0. The zero-order valence-electron chi connectivity index (χ0n) is 9.14. The molecule has 0 heterocycles. The molecule has 0 spiro atoms. The van der Waals surface area contributed by atoms with Gasteiger partial charge >= 0.3 is 0 Å². The van der Waals surface area contributed by atoms with Gasteiger partial charge in [-0.2, -0.15) is 10.5 Å². The Kier molecular flexibility index (Phi) is 4.47. The first-order valence-electron chi connectivity index (χ1n) is 5.01. The van der Waals surface area contributed by atoms with Gasteiger partial charge in [0, 0.05) is 6.54 Å². The van der Waals surface area contributed by atoms with Gasteiger partial charge < -0.3 is 5.73 Å². The fourth-order valence-corrected chi connectivity index (χ4v) is 1.26. The molecule has 1 aromatic carbocycles. The number of hydrogen-bond acceptors (Lipinski definition) is 4. The molecule has 4 heteroatoms. The Labute approximate surface area is 95.3 Å². The van der Waals surface area contributed by atoms with Crippen LogP contribution in [-0.4, -0.2) is 12.1 Å². The second kappa shape index (κ2) is 5.87. The molecule has 0 amide bonds. The fraction of sp³-hybridized carbons (Fsp3) is 0.333. The molecule has 0 fully saturated rings. The summed E-state index contributed by atoms with van der Waals surface area (Å²) in [5.74, 6) is 0. The maximum atomic E-state index is 8.81. The molecule has 1 rings (SSSR count). The molecule has 0 aliphatic rings. The molecule has 4 nitrogen and oxygen atoms in total. The maximum Gasteiger partial charge on any atom is 0.124 e. The van der Waals surface area contributed by atoms with Gasteiger partial charge in [0.25, 0.3) is 0 Å². The highest BCUT2D eigenvalue weighted by atomic mass is 14.9. The number of nitrogens with zero attached hydrogens (tertiary/aromatic N) is 2. The predicted octanol–water partition coefficient (Wildman–Crippen LogP) is 0.828. The normalized spacial score (nSPS) is 13.5. The van der Waals surface area contributed by atoms with Crippen LogP contribution in [0.1, 0.15) is 11.1 Å². The Morgan fingerprint density at radius 1 is 1.25 bits per heavy atom. The third kappa shape index (κ3) is 3.36. The molecule has 82 valence electrons. The van der Waals surface area contributed by atoms with Gasteiger partial charge in [-0.1, -0.05) is 29.8 Å². The second-order valence-corrected chi connectivity index (χ2v) is 3.63. The number of nitriles is 2. The number of hydrogen-bond donors (Lipinski definition) is 2. The summed E-state index contributed by atoms with van der Waals surface area (Å²) in [6, 6.07) is 10.4. The van der Waals surface area contributed by atoms with E-state index in [1.54, 1.807) is 0 Å². The van der Waals surface area contributed by atoms with Crippen molar-refractivity contribution in [3.63, 3.8) is 0 Å². The largest absolute Gasteiger partial charge is 0.314 e. The zero-order valence-corrected chi connectivity index (χ0v) is 9.14. The lowest BCUT2D eigenvalue weighted by Crippen LogP contribution is -2.42. The zero-order chi connectivity index (χ0) is 12.0. The van der Waals surface area contributed by atoms with Crippen LogP contribution in [0.2, 0.25) is 0 Å². The average Bonchev–Trinajstić information content (AvgIpc) is 2.31. The first-order chi connectivity index (χ1) is 7.67. The maximum absolute atomic E-state index is 8.81. The minimum absolute atomic E-state index is 0.536. The van der Waals surface area contributed by atoms with Crippen molar-refractivity contribution in [3.8, 4) is 12.1 Å². The van der Waals surface area contributed by atoms with Crippen molar-refractivity contribution in [2.45, 2.75) is 25.6 Å². The summed E-state index contributed by atoms with van der Waals surface area (Å²) in [7, 11) is 0. The number of nitrogens with two attached hydrogens (primary N) is 1. The van der Waals surface area contributed by atoms with E-state index >= 15 is 0 Å². The topological polar surface area (TPSA) is 85.6 Å². The number of rotatable bonds is 4. The Morgan fingerprint density at radius 2 is 1.88 bits per heavy atom. The molecule has 0 radical (unpaired) electrons. The van der Waals surface area contributed by atoms with Gasteiger partial charge in [-0.25, -0.2) is 0 Å². The summed E-state index contributed by atoms with van der Waals surface area (Å²) in [5, 5.41) is 20.4. The lowest BCUT2D eigenvalue weighted by molar-refractivity contribution is 0.560.